The normalized spacial score (nSPS) is 14.3. The Morgan fingerprint density at radius 3 is 2.58 bits per heavy atom. The number of benzene rings is 1. The van der Waals surface area contributed by atoms with E-state index in [0.717, 1.165) is 24.2 Å². The Bertz CT molecular complexity index is 878. The van der Waals surface area contributed by atoms with E-state index in [0.29, 0.717) is 23.5 Å². The molecule has 0 radical (unpaired) electrons. The lowest BCUT2D eigenvalue weighted by atomic mass is 10.2. The van der Waals surface area contributed by atoms with Crippen LogP contribution in [0.3, 0.4) is 0 Å². The minimum atomic E-state index is -0.293. The first kappa shape index (κ1) is 16.4. The fraction of sp³-hybridized carbons (Fsp3) is 0.250. The standard InChI is InChI=1S/C20H20FN5/c21-14-6-5-9-16(12-14)23-19-13-18(17-10-3-4-11-22-17)25-20(26-19)24-15-7-1-2-8-15/h3-6,9-13,15H,1-2,7-8H2,(H2,23,24,25,26). The average Bonchev–Trinajstić information content (AvgIpc) is 3.15. The highest BCUT2D eigenvalue weighted by Crippen LogP contribution is 2.25. The molecule has 1 aliphatic rings. The van der Waals surface area contributed by atoms with E-state index in [1.807, 2.05) is 24.3 Å². The molecule has 26 heavy (non-hydrogen) atoms. The van der Waals surface area contributed by atoms with Gasteiger partial charge in [-0.3, -0.25) is 4.98 Å². The molecule has 5 nitrogen and oxygen atoms in total. The van der Waals surface area contributed by atoms with E-state index in [1.165, 1.54) is 25.0 Å². The molecule has 1 saturated carbocycles. The van der Waals surface area contributed by atoms with Crippen LogP contribution < -0.4 is 10.6 Å². The SMILES string of the molecule is Fc1cccc(Nc2cc(-c3ccccn3)nc(NC3CCCC3)n2)c1. The number of nitrogens with zero attached hydrogens (tertiary/aromatic N) is 3. The van der Waals surface area contributed by atoms with Crippen LogP contribution in [0.4, 0.5) is 21.8 Å². The first-order valence-electron chi connectivity index (χ1n) is 8.86. The van der Waals surface area contributed by atoms with Gasteiger partial charge < -0.3 is 10.6 Å². The molecule has 2 N–H and O–H groups in total. The van der Waals surface area contributed by atoms with Crippen molar-refractivity contribution in [3.63, 3.8) is 0 Å². The first-order valence-corrected chi connectivity index (χ1v) is 8.86. The van der Waals surface area contributed by atoms with Crippen molar-refractivity contribution in [2.75, 3.05) is 10.6 Å². The van der Waals surface area contributed by atoms with Crippen molar-refractivity contribution >= 4 is 17.5 Å². The van der Waals surface area contributed by atoms with Crippen LogP contribution in [-0.4, -0.2) is 21.0 Å². The number of hydrogen-bond donors (Lipinski definition) is 2. The Labute approximate surface area is 151 Å². The zero-order chi connectivity index (χ0) is 17.8. The van der Waals surface area contributed by atoms with E-state index in [9.17, 15) is 4.39 Å². The Morgan fingerprint density at radius 1 is 0.923 bits per heavy atom. The third-order valence-corrected chi connectivity index (χ3v) is 4.44. The van der Waals surface area contributed by atoms with Gasteiger partial charge in [0, 0.05) is 24.0 Å². The zero-order valence-corrected chi connectivity index (χ0v) is 14.3. The summed E-state index contributed by atoms with van der Waals surface area (Å²) >= 11 is 0. The number of aromatic nitrogens is 3. The van der Waals surface area contributed by atoms with Gasteiger partial charge in [0.2, 0.25) is 5.95 Å². The molecular weight excluding hydrogens is 329 g/mol. The molecule has 2 aromatic heterocycles. The van der Waals surface area contributed by atoms with Gasteiger partial charge in [-0.15, -0.1) is 0 Å². The van der Waals surface area contributed by atoms with Crippen molar-refractivity contribution in [2.24, 2.45) is 0 Å². The van der Waals surface area contributed by atoms with Gasteiger partial charge in [-0.05, 0) is 43.2 Å². The molecule has 0 spiro atoms. The van der Waals surface area contributed by atoms with Crippen LogP contribution in [0.1, 0.15) is 25.7 Å². The van der Waals surface area contributed by atoms with Crippen LogP contribution in [0.25, 0.3) is 11.4 Å². The van der Waals surface area contributed by atoms with Crippen molar-refractivity contribution in [3.05, 3.63) is 60.5 Å². The van der Waals surface area contributed by atoms with Crippen LogP contribution in [0.2, 0.25) is 0 Å². The Morgan fingerprint density at radius 2 is 1.81 bits per heavy atom. The van der Waals surface area contributed by atoms with E-state index < -0.39 is 0 Å². The average molecular weight is 349 g/mol. The highest BCUT2D eigenvalue weighted by atomic mass is 19.1. The minimum Gasteiger partial charge on any atom is -0.351 e. The molecule has 0 atom stereocenters. The summed E-state index contributed by atoms with van der Waals surface area (Å²) in [4.78, 5) is 13.6. The monoisotopic (exact) mass is 349 g/mol. The Balaban J connectivity index is 1.67. The summed E-state index contributed by atoms with van der Waals surface area (Å²) in [5.41, 5.74) is 2.13. The van der Waals surface area contributed by atoms with Crippen molar-refractivity contribution < 1.29 is 4.39 Å². The maximum Gasteiger partial charge on any atom is 0.225 e. The van der Waals surface area contributed by atoms with Crippen LogP contribution in [0.15, 0.2) is 54.7 Å². The van der Waals surface area contributed by atoms with Crippen molar-refractivity contribution in [1.82, 2.24) is 15.0 Å². The number of nitrogens with one attached hydrogen (secondary N) is 2. The Kier molecular flexibility index (Phi) is 4.73. The second-order valence-electron chi connectivity index (χ2n) is 6.44. The first-order chi connectivity index (χ1) is 12.8. The summed E-state index contributed by atoms with van der Waals surface area (Å²) in [5, 5.41) is 6.59. The molecule has 6 heteroatoms. The minimum absolute atomic E-state index is 0.293. The molecule has 2 heterocycles. The molecule has 0 amide bonds. The van der Waals surface area contributed by atoms with Crippen LogP contribution in [-0.2, 0) is 0 Å². The molecule has 1 aromatic carbocycles. The maximum absolute atomic E-state index is 13.5. The molecule has 1 aliphatic carbocycles. The highest BCUT2D eigenvalue weighted by Gasteiger charge is 2.17. The lowest BCUT2D eigenvalue weighted by Gasteiger charge is -2.14. The van der Waals surface area contributed by atoms with Gasteiger partial charge in [0.15, 0.2) is 0 Å². The lowest BCUT2D eigenvalue weighted by Crippen LogP contribution is -2.17. The highest BCUT2D eigenvalue weighted by molar-refractivity contribution is 5.65. The van der Waals surface area contributed by atoms with Crippen LogP contribution in [0.5, 0.6) is 0 Å². The second-order valence-corrected chi connectivity index (χ2v) is 6.44. The molecule has 0 saturated heterocycles. The number of anilines is 3. The van der Waals surface area contributed by atoms with E-state index in [4.69, 9.17) is 0 Å². The predicted molar refractivity (Wildman–Crippen MR) is 101 cm³/mol. The quantitative estimate of drug-likeness (QED) is 0.694. The summed E-state index contributed by atoms with van der Waals surface area (Å²) in [5.74, 6) is 0.879. The predicted octanol–water partition coefficient (Wildman–Crippen LogP) is 4.78. The largest absolute Gasteiger partial charge is 0.351 e. The molecule has 3 aromatic rings. The van der Waals surface area contributed by atoms with Crippen LogP contribution >= 0.6 is 0 Å². The third-order valence-electron chi connectivity index (χ3n) is 4.44. The van der Waals surface area contributed by atoms with E-state index in [1.54, 1.807) is 18.3 Å². The summed E-state index contributed by atoms with van der Waals surface area (Å²) in [7, 11) is 0. The lowest BCUT2D eigenvalue weighted by molar-refractivity contribution is 0.628. The van der Waals surface area contributed by atoms with Crippen molar-refractivity contribution in [3.8, 4) is 11.4 Å². The van der Waals surface area contributed by atoms with Gasteiger partial charge in [0.25, 0.3) is 0 Å². The fourth-order valence-electron chi connectivity index (χ4n) is 3.19. The van der Waals surface area contributed by atoms with Gasteiger partial charge >= 0.3 is 0 Å². The smallest absolute Gasteiger partial charge is 0.225 e. The maximum atomic E-state index is 13.5. The molecule has 1 fully saturated rings. The third kappa shape index (κ3) is 3.96. The van der Waals surface area contributed by atoms with Gasteiger partial charge in [0.1, 0.15) is 11.6 Å². The van der Waals surface area contributed by atoms with Crippen molar-refractivity contribution in [1.29, 1.82) is 0 Å². The van der Waals surface area contributed by atoms with Gasteiger partial charge in [-0.2, -0.15) is 4.98 Å². The fourth-order valence-corrected chi connectivity index (χ4v) is 3.19. The molecule has 132 valence electrons. The molecular formula is C20H20FN5. The van der Waals surface area contributed by atoms with Crippen LogP contribution in [0, 0.1) is 5.82 Å². The number of halogens is 1. The molecule has 0 unspecified atom stereocenters. The summed E-state index contributed by atoms with van der Waals surface area (Å²) < 4.78 is 13.5. The molecule has 0 bridgehead atoms. The number of hydrogen-bond acceptors (Lipinski definition) is 5. The topological polar surface area (TPSA) is 62.7 Å². The molecule has 0 aliphatic heterocycles. The summed E-state index contributed by atoms with van der Waals surface area (Å²) in [6.07, 6.45) is 6.45. The van der Waals surface area contributed by atoms with Gasteiger partial charge in [0.05, 0.1) is 11.4 Å². The van der Waals surface area contributed by atoms with Gasteiger partial charge in [-0.25, -0.2) is 9.37 Å². The Hall–Kier alpha value is -3.02. The zero-order valence-electron chi connectivity index (χ0n) is 14.3. The second kappa shape index (κ2) is 7.47. The van der Waals surface area contributed by atoms with Crippen molar-refractivity contribution in [2.45, 2.75) is 31.7 Å². The molecule has 4 rings (SSSR count). The van der Waals surface area contributed by atoms with E-state index >= 15 is 0 Å². The summed E-state index contributed by atoms with van der Waals surface area (Å²) in [6.45, 7) is 0. The summed E-state index contributed by atoms with van der Waals surface area (Å²) in [6, 6.07) is 14.2. The van der Waals surface area contributed by atoms with E-state index in [2.05, 4.69) is 25.6 Å². The number of pyridine rings is 1. The van der Waals surface area contributed by atoms with E-state index in [-0.39, 0.29) is 5.82 Å². The van der Waals surface area contributed by atoms with Gasteiger partial charge in [-0.1, -0.05) is 25.0 Å². The number of rotatable bonds is 5.